The molecular formula is C20H24N2O3S. The van der Waals surface area contributed by atoms with E-state index >= 15 is 0 Å². The Morgan fingerprint density at radius 1 is 1.19 bits per heavy atom. The Morgan fingerprint density at radius 3 is 2.54 bits per heavy atom. The Kier molecular flexibility index (Phi) is 6.41. The zero-order valence-electron chi connectivity index (χ0n) is 14.9. The predicted octanol–water partition coefficient (Wildman–Crippen LogP) is 3.28. The van der Waals surface area contributed by atoms with Gasteiger partial charge in [0.15, 0.2) is 12.4 Å². The summed E-state index contributed by atoms with van der Waals surface area (Å²) in [5.74, 6) is 0.455. The van der Waals surface area contributed by atoms with Crippen LogP contribution in [0.15, 0.2) is 41.8 Å². The molecule has 1 aromatic heterocycles. The van der Waals surface area contributed by atoms with Crippen LogP contribution in [0.1, 0.15) is 41.0 Å². The van der Waals surface area contributed by atoms with Gasteiger partial charge in [-0.2, -0.15) is 0 Å². The Balaban J connectivity index is 1.49. The van der Waals surface area contributed by atoms with Gasteiger partial charge in [0, 0.05) is 17.0 Å². The molecule has 1 fully saturated rings. The Hall–Kier alpha value is -2.18. The van der Waals surface area contributed by atoms with Gasteiger partial charge in [0.2, 0.25) is 0 Å². The van der Waals surface area contributed by atoms with Crippen molar-refractivity contribution in [1.82, 2.24) is 10.2 Å². The molecule has 1 saturated heterocycles. The zero-order valence-corrected chi connectivity index (χ0v) is 15.8. The number of carbonyl (C=O) groups excluding carboxylic acids is 2. The summed E-state index contributed by atoms with van der Waals surface area (Å²) in [4.78, 5) is 27.2. The lowest BCUT2D eigenvalue weighted by Crippen LogP contribution is -2.38. The first-order chi connectivity index (χ1) is 12.6. The average Bonchev–Trinajstić information content (AvgIpc) is 3.35. The number of likely N-dealkylation sites (tertiary alicyclic amines) is 1. The van der Waals surface area contributed by atoms with Crippen molar-refractivity contribution in [2.24, 2.45) is 0 Å². The Morgan fingerprint density at radius 2 is 1.92 bits per heavy atom. The molecule has 0 radical (unpaired) electrons. The van der Waals surface area contributed by atoms with E-state index in [4.69, 9.17) is 4.74 Å². The topological polar surface area (TPSA) is 58.6 Å². The Labute approximate surface area is 158 Å². The molecule has 138 valence electrons. The van der Waals surface area contributed by atoms with Crippen LogP contribution in [0.2, 0.25) is 0 Å². The van der Waals surface area contributed by atoms with E-state index in [0.29, 0.717) is 17.9 Å². The molecule has 5 nitrogen and oxygen atoms in total. The number of ketones is 1. The van der Waals surface area contributed by atoms with Gasteiger partial charge in [-0.05, 0) is 68.6 Å². The summed E-state index contributed by atoms with van der Waals surface area (Å²) in [5, 5.41) is 5.07. The molecule has 0 saturated carbocycles. The van der Waals surface area contributed by atoms with Gasteiger partial charge in [-0.3, -0.25) is 14.5 Å². The number of hydrogen-bond acceptors (Lipinski definition) is 5. The van der Waals surface area contributed by atoms with E-state index in [1.165, 1.54) is 24.6 Å². The smallest absolute Gasteiger partial charge is 0.258 e. The van der Waals surface area contributed by atoms with Gasteiger partial charge in [0.1, 0.15) is 5.75 Å². The number of amides is 1. The van der Waals surface area contributed by atoms with E-state index in [0.717, 1.165) is 13.1 Å². The average molecular weight is 372 g/mol. The van der Waals surface area contributed by atoms with Crippen LogP contribution in [0.3, 0.4) is 0 Å². The molecule has 26 heavy (non-hydrogen) atoms. The van der Waals surface area contributed by atoms with Crippen LogP contribution >= 0.6 is 11.3 Å². The van der Waals surface area contributed by atoms with E-state index in [1.54, 1.807) is 35.6 Å². The molecule has 1 N–H and O–H groups in total. The minimum absolute atomic E-state index is 0.0100. The second kappa shape index (κ2) is 8.96. The molecule has 1 unspecified atom stereocenters. The lowest BCUT2D eigenvalue weighted by atomic mass is 10.1. The highest BCUT2D eigenvalue weighted by Gasteiger charge is 2.24. The van der Waals surface area contributed by atoms with Crippen molar-refractivity contribution >= 4 is 23.0 Å². The van der Waals surface area contributed by atoms with Gasteiger partial charge in [0.05, 0.1) is 6.04 Å². The molecule has 6 heteroatoms. The fourth-order valence-corrected chi connectivity index (χ4v) is 4.00. The van der Waals surface area contributed by atoms with E-state index in [-0.39, 0.29) is 24.3 Å². The van der Waals surface area contributed by atoms with Gasteiger partial charge < -0.3 is 10.1 Å². The lowest BCUT2D eigenvalue weighted by Gasteiger charge is -2.26. The molecule has 2 heterocycles. The molecule has 0 bridgehead atoms. The van der Waals surface area contributed by atoms with Crippen LogP contribution in [0.4, 0.5) is 0 Å². The van der Waals surface area contributed by atoms with Gasteiger partial charge in [-0.15, -0.1) is 11.3 Å². The van der Waals surface area contributed by atoms with Crippen molar-refractivity contribution in [3.63, 3.8) is 0 Å². The third-order valence-corrected chi connectivity index (χ3v) is 5.55. The third-order valence-electron chi connectivity index (χ3n) is 4.58. The predicted molar refractivity (Wildman–Crippen MR) is 103 cm³/mol. The first-order valence-electron chi connectivity index (χ1n) is 8.91. The number of rotatable bonds is 8. The minimum Gasteiger partial charge on any atom is -0.484 e. The number of ether oxygens (including phenoxy) is 1. The standard InChI is InChI=1S/C20H24N2O3S/c1-15(23)16-6-8-17(9-7-16)25-14-20(24)21-13-18(19-5-4-12-26-19)22-10-2-3-11-22/h4-9,12,18H,2-3,10-11,13-14H2,1H3,(H,21,24). The molecule has 0 spiro atoms. The number of thiophene rings is 1. The van der Waals surface area contributed by atoms with Gasteiger partial charge in [0.25, 0.3) is 5.91 Å². The summed E-state index contributed by atoms with van der Waals surface area (Å²) in [6.45, 7) is 4.24. The second-order valence-corrected chi connectivity index (χ2v) is 7.43. The quantitative estimate of drug-likeness (QED) is 0.723. The van der Waals surface area contributed by atoms with Crippen LogP contribution in [0.25, 0.3) is 0 Å². The van der Waals surface area contributed by atoms with Crippen molar-refractivity contribution in [1.29, 1.82) is 0 Å². The van der Waals surface area contributed by atoms with Crippen molar-refractivity contribution < 1.29 is 14.3 Å². The van der Waals surface area contributed by atoms with Crippen LogP contribution in [-0.4, -0.2) is 42.8 Å². The number of benzene rings is 1. The first-order valence-corrected chi connectivity index (χ1v) is 9.79. The summed E-state index contributed by atoms with van der Waals surface area (Å²) in [6.07, 6.45) is 2.43. The van der Waals surface area contributed by atoms with Crippen LogP contribution < -0.4 is 10.1 Å². The van der Waals surface area contributed by atoms with E-state index < -0.39 is 0 Å². The van der Waals surface area contributed by atoms with Gasteiger partial charge in [-0.25, -0.2) is 0 Å². The number of carbonyl (C=O) groups is 2. The van der Waals surface area contributed by atoms with Crippen LogP contribution in [-0.2, 0) is 4.79 Å². The van der Waals surface area contributed by atoms with Crippen molar-refractivity contribution in [3.05, 3.63) is 52.2 Å². The number of nitrogens with one attached hydrogen (secondary N) is 1. The van der Waals surface area contributed by atoms with E-state index in [2.05, 4.69) is 27.7 Å². The maximum atomic E-state index is 12.2. The molecule has 1 aliphatic rings. The van der Waals surface area contributed by atoms with Crippen molar-refractivity contribution in [2.45, 2.75) is 25.8 Å². The summed E-state index contributed by atoms with van der Waals surface area (Å²) in [6, 6.07) is 11.2. The highest BCUT2D eigenvalue weighted by atomic mass is 32.1. The van der Waals surface area contributed by atoms with Gasteiger partial charge in [-0.1, -0.05) is 6.07 Å². The van der Waals surface area contributed by atoms with Crippen molar-refractivity contribution in [3.8, 4) is 5.75 Å². The maximum Gasteiger partial charge on any atom is 0.258 e. The number of Topliss-reactive ketones (excluding diaryl/α,β-unsaturated/α-hetero) is 1. The Bertz CT molecular complexity index is 722. The normalized spacial score (nSPS) is 15.6. The van der Waals surface area contributed by atoms with Gasteiger partial charge >= 0.3 is 0 Å². The first kappa shape index (κ1) is 18.6. The van der Waals surface area contributed by atoms with E-state index in [9.17, 15) is 9.59 Å². The fraction of sp³-hybridized carbons (Fsp3) is 0.400. The number of nitrogens with zero attached hydrogens (tertiary/aromatic N) is 1. The molecular weight excluding hydrogens is 348 g/mol. The molecule has 2 aromatic rings. The summed E-state index contributed by atoms with van der Waals surface area (Å²) in [7, 11) is 0. The summed E-state index contributed by atoms with van der Waals surface area (Å²) >= 11 is 1.73. The monoisotopic (exact) mass is 372 g/mol. The SMILES string of the molecule is CC(=O)c1ccc(OCC(=O)NCC(c2cccs2)N2CCCC2)cc1. The van der Waals surface area contributed by atoms with Crippen LogP contribution in [0, 0.1) is 0 Å². The highest BCUT2D eigenvalue weighted by molar-refractivity contribution is 7.10. The molecule has 1 aromatic carbocycles. The molecule has 1 amide bonds. The van der Waals surface area contributed by atoms with E-state index in [1.807, 2.05) is 0 Å². The largest absolute Gasteiger partial charge is 0.484 e. The summed E-state index contributed by atoms with van der Waals surface area (Å²) in [5.41, 5.74) is 0.631. The maximum absolute atomic E-state index is 12.2. The number of hydrogen-bond donors (Lipinski definition) is 1. The van der Waals surface area contributed by atoms with Crippen LogP contribution in [0.5, 0.6) is 5.75 Å². The highest BCUT2D eigenvalue weighted by Crippen LogP contribution is 2.27. The molecule has 3 rings (SSSR count). The third kappa shape index (κ3) is 4.93. The molecule has 1 atom stereocenters. The fourth-order valence-electron chi connectivity index (χ4n) is 3.14. The lowest BCUT2D eigenvalue weighted by molar-refractivity contribution is -0.123. The second-order valence-electron chi connectivity index (χ2n) is 6.45. The van der Waals surface area contributed by atoms with Crippen molar-refractivity contribution in [2.75, 3.05) is 26.2 Å². The summed E-state index contributed by atoms with van der Waals surface area (Å²) < 4.78 is 5.52. The molecule has 0 aliphatic carbocycles. The molecule has 1 aliphatic heterocycles. The minimum atomic E-state index is -0.138. The zero-order chi connectivity index (χ0) is 18.4.